The number of benzene rings is 2. The number of rotatable bonds is 7. The smallest absolute Gasteiger partial charge is 0.263 e. The van der Waals surface area contributed by atoms with Crippen LogP contribution in [0.2, 0.25) is 0 Å². The number of nitrogens with zero attached hydrogens (tertiary/aromatic N) is 4. The summed E-state index contributed by atoms with van der Waals surface area (Å²) in [4.78, 5) is 18.5. The predicted molar refractivity (Wildman–Crippen MR) is 153 cm³/mol. The van der Waals surface area contributed by atoms with Crippen LogP contribution in [0.3, 0.4) is 0 Å². The number of nitrogens with one attached hydrogen (secondary N) is 1. The Labute approximate surface area is 232 Å². The van der Waals surface area contributed by atoms with E-state index in [0.29, 0.717) is 20.8 Å². The van der Waals surface area contributed by atoms with Crippen molar-refractivity contribution in [1.29, 1.82) is 5.26 Å². The molecule has 0 saturated heterocycles. The summed E-state index contributed by atoms with van der Waals surface area (Å²) in [5, 5.41) is 18.7. The minimum absolute atomic E-state index is 0.0397. The van der Waals surface area contributed by atoms with Crippen LogP contribution in [-0.4, -0.2) is 29.4 Å². The molecular formula is C26H21N7O3S3. The number of aryl methyl sites for hydroxylation is 2. The third-order valence-corrected chi connectivity index (χ3v) is 9.38. The molecule has 0 fully saturated rings. The first-order valence-electron chi connectivity index (χ1n) is 11.6. The maximum atomic E-state index is 13.5. The molecule has 196 valence electrons. The molecule has 0 atom stereocenters. The van der Waals surface area contributed by atoms with Crippen LogP contribution >= 0.6 is 22.7 Å². The second-order valence-corrected chi connectivity index (χ2v) is 12.4. The van der Waals surface area contributed by atoms with Gasteiger partial charge in [0.15, 0.2) is 0 Å². The fourth-order valence-corrected chi connectivity index (χ4v) is 6.97. The largest absolute Gasteiger partial charge is 0.397 e. The van der Waals surface area contributed by atoms with E-state index in [2.05, 4.69) is 26.0 Å². The first-order chi connectivity index (χ1) is 18.6. The van der Waals surface area contributed by atoms with Crippen LogP contribution in [0.5, 0.6) is 0 Å². The number of hydrogen-bond donors (Lipinski definition) is 3. The number of thiophene rings is 1. The van der Waals surface area contributed by atoms with Gasteiger partial charge in [-0.15, -0.1) is 21.5 Å². The number of carbonyl (C=O) groups excluding carboxylic acids is 1. The van der Waals surface area contributed by atoms with Crippen molar-refractivity contribution < 1.29 is 13.2 Å². The van der Waals surface area contributed by atoms with E-state index in [4.69, 9.17) is 11.5 Å². The molecular weight excluding hydrogens is 555 g/mol. The molecule has 0 saturated carbocycles. The van der Waals surface area contributed by atoms with Crippen LogP contribution in [0.25, 0.3) is 21.3 Å². The first kappa shape index (κ1) is 26.2. The minimum Gasteiger partial charge on any atom is -0.397 e. The van der Waals surface area contributed by atoms with Crippen LogP contribution in [0.15, 0.2) is 53.4 Å². The molecule has 5 aromatic rings. The minimum atomic E-state index is -3.92. The predicted octanol–water partition coefficient (Wildman–Crippen LogP) is 4.75. The zero-order valence-corrected chi connectivity index (χ0v) is 23.2. The molecule has 39 heavy (non-hydrogen) atoms. The third-order valence-electron chi connectivity index (χ3n) is 6.05. The van der Waals surface area contributed by atoms with Gasteiger partial charge in [-0.05, 0) is 48.7 Å². The topological polar surface area (TPSA) is 178 Å². The number of aromatic nitrogens is 3. The Morgan fingerprint density at radius 2 is 1.74 bits per heavy atom. The molecule has 0 aliphatic rings. The highest BCUT2D eigenvalue weighted by Crippen LogP contribution is 2.43. The van der Waals surface area contributed by atoms with Gasteiger partial charge in [0.25, 0.3) is 10.0 Å². The maximum absolute atomic E-state index is 13.5. The second kappa shape index (κ2) is 10.1. The zero-order chi connectivity index (χ0) is 27.9. The van der Waals surface area contributed by atoms with Crippen molar-refractivity contribution in [3.63, 3.8) is 0 Å². The van der Waals surface area contributed by atoms with Gasteiger partial charge in [-0.2, -0.15) is 5.26 Å². The van der Waals surface area contributed by atoms with E-state index in [0.717, 1.165) is 40.2 Å². The lowest BCUT2D eigenvalue weighted by atomic mass is 9.95. The molecule has 0 bridgehead atoms. The lowest BCUT2D eigenvalue weighted by Crippen LogP contribution is -2.13. The van der Waals surface area contributed by atoms with Gasteiger partial charge in [-0.1, -0.05) is 42.5 Å². The molecule has 0 amide bonds. The second-order valence-electron chi connectivity index (χ2n) is 8.52. The highest BCUT2D eigenvalue weighted by Gasteiger charge is 2.25. The van der Waals surface area contributed by atoms with Gasteiger partial charge >= 0.3 is 0 Å². The summed E-state index contributed by atoms with van der Waals surface area (Å²) < 4.78 is 27.8. The molecule has 2 aromatic carbocycles. The molecule has 3 heterocycles. The number of carbonyl (C=O) groups is 1. The van der Waals surface area contributed by atoms with Crippen LogP contribution in [0.1, 0.15) is 38.3 Å². The van der Waals surface area contributed by atoms with Gasteiger partial charge in [-0.25, -0.2) is 13.4 Å². The molecule has 0 aliphatic heterocycles. The number of anilines is 3. The molecule has 0 aliphatic carbocycles. The summed E-state index contributed by atoms with van der Waals surface area (Å²) >= 11 is 2.18. The quantitative estimate of drug-likeness (QED) is 0.231. The first-order valence-corrected chi connectivity index (χ1v) is 14.7. The van der Waals surface area contributed by atoms with E-state index in [1.54, 1.807) is 6.92 Å². The maximum Gasteiger partial charge on any atom is 0.263 e. The van der Waals surface area contributed by atoms with Gasteiger partial charge in [0.1, 0.15) is 32.2 Å². The molecule has 3 aromatic heterocycles. The van der Waals surface area contributed by atoms with Crippen molar-refractivity contribution in [1.82, 2.24) is 15.2 Å². The summed E-state index contributed by atoms with van der Waals surface area (Å²) in [6.45, 7) is 3.76. The summed E-state index contributed by atoms with van der Waals surface area (Å²) in [6, 6.07) is 15.3. The number of pyridine rings is 1. The number of fused-ring (bicyclic) bond motifs is 1. The van der Waals surface area contributed by atoms with Gasteiger partial charge < -0.3 is 11.5 Å². The fraction of sp³-hybridized carbons (Fsp3) is 0.115. The van der Waals surface area contributed by atoms with E-state index < -0.39 is 15.8 Å². The number of hydrogen-bond acceptors (Lipinski definition) is 11. The molecule has 0 radical (unpaired) electrons. The van der Waals surface area contributed by atoms with Crippen LogP contribution in [0, 0.1) is 18.3 Å². The Balaban J connectivity index is 1.54. The van der Waals surface area contributed by atoms with E-state index >= 15 is 0 Å². The van der Waals surface area contributed by atoms with Gasteiger partial charge in [0.05, 0.1) is 10.6 Å². The molecule has 10 nitrogen and oxygen atoms in total. The van der Waals surface area contributed by atoms with Crippen molar-refractivity contribution in [2.24, 2.45) is 0 Å². The van der Waals surface area contributed by atoms with Crippen molar-refractivity contribution in [2.45, 2.75) is 25.2 Å². The molecule has 0 unspecified atom stereocenters. The zero-order valence-electron chi connectivity index (χ0n) is 20.7. The monoisotopic (exact) mass is 575 g/mol. The van der Waals surface area contributed by atoms with E-state index in [1.165, 1.54) is 24.3 Å². The number of ketones is 1. The standard InChI is InChI=1S/C26H21N7O3S3/c1-3-14-4-6-15(7-5-14)19-18(12-27)24(29)30-25-20(19)21(28)23(38-25)22(34)16-8-10-17(11-9-16)39(35,36)33-26-32-31-13(2)37-26/h4-11H,3,28H2,1-2H3,(H2,29,30)(H,32,33). The van der Waals surface area contributed by atoms with Gasteiger partial charge in [-0.3, -0.25) is 9.52 Å². The average molecular weight is 576 g/mol. The summed E-state index contributed by atoms with van der Waals surface area (Å²) in [7, 11) is -3.92. The van der Waals surface area contributed by atoms with Crippen LogP contribution in [0.4, 0.5) is 16.6 Å². The highest BCUT2D eigenvalue weighted by molar-refractivity contribution is 7.93. The van der Waals surface area contributed by atoms with Crippen LogP contribution < -0.4 is 16.2 Å². The number of nitrogen functional groups attached to an aromatic ring is 2. The van der Waals surface area contributed by atoms with Crippen molar-refractivity contribution in [3.8, 4) is 17.2 Å². The number of nitriles is 1. The van der Waals surface area contributed by atoms with Gasteiger partial charge in [0.2, 0.25) is 10.9 Å². The number of nitrogens with two attached hydrogens (primary N) is 2. The molecule has 5 rings (SSSR count). The highest BCUT2D eigenvalue weighted by atomic mass is 32.2. The summed E-state index contributed by atoms with van der Waals surface area (Å²) in [5.41, 5.74) is 15.6. The fourth-order valence-electron chi connectivity index (χ4n) is 4.08. The lowest BCUT2D eigenvalue weighted by Gasteiger charge is -2.10. The number of sulfonamides is 1. The third kappa shape index (κ3) is 4.81. The Bertz CT molecular complexity index is 1890. The van der Waals surface area contributed by atoms with Crippen molar-refractivity contribution in [3.05, 3.63) is 75.1 Å². The Hall–Kier alpha value is -4.38. The molecule has 13 heteroatoms. The Kier molecular flexibility index (Phi) is 6.77. The Morgan fingerprint density at radius 1 is 1.05 bits per heavy atom. The SMILES string of the molecule is CCc1ccc(-c2c(C#N)c(N)nc3sc(C(=O)c4ccc(S(=O)(=O)Nc5nnc(C)s5)cc4)c(N)c23)cc1. The summed E-state index contributed by atoms with van der Waals surface area (Å²) in [5.74, 6) is -0.357. The Morgan fingerprint density at radius 3 is 2.33 bits per heavy atom. The normalized spacial score (nSPS) is 11.4. The van der Waals surface area contributed by atoms with E-state index in [1.807, 2.05) is 31.2 Å². The van der Waals surface area contributed by atoms with Gasteiger partial charge in [0, 0.05) is 16.5 Å². The van der Waals surface area contributed by atoms with Crippen molar-refractivity contribution in [2.75, 3.05) is 16.2 Å². The lowest BCUT2D eigenvalue weighted by molar-refractivity contribution is 0.104. The summed E-state index contributed by atoms with van der Waals surface area (Å²) in [6.07, 6.45) is 0.858. The van der Waals surface area contributed by atoms with E-state index in [-0.39, 0.29) is 37.5 Å². The average Bonchev–Trinajstić information content (AvgIpc) is 3.48. The molecule has 0 spiro atoms. The van der Waals surface area contributed by atoms with Crippen molar-refractivity contribution >= 4 is 65.3 Å². The van der Waals surface area contributed by atoms with Crippen LogP contribution in [-0.2, 0) is 16.4 Å². The molecule has 5 N–H and O–H groups in total. The van der Waals surface area contributed by atoms with E-state index in [9.17, 15) is 18.5 Å².